The summed E-state index contributed by atoms with van der Waals surface area (Å²) in [5.74, 6) is 0.334. The third-order valence-corrected chi connectivity index (χ3v) is 3.57. The quantitative estimate of drug-likeness (QED) is 0.449. The molecule has 0 bridgehead atoms. The summed E-state index contributed by atoms with van der Waals surface area (Å²) >= 11 is 0. The second kappa shape index (κ2) is 6.92. The second-order valence-corrected chi connectivity index (χ2v) is 5.31. The highest BCUT2D eigenvalue weighted by atomic mass is 15.1. The smallest absolute Gasteiger partial charge is 0.192 e. The van der Waals surface area contributed by atoms with Crippen LogP contribution in [0.15, 0.2) is 30.7 Å². The van der Waals surface area contributed by atoms with E-state index in [1.54, 1.807) is 0 Å². The van der Waals surface area contributed by atoms with Crippen LogP contribution in [0.1, 0.15) is 23.2 Å². The summed E-state index contributed by atoms with van der Waals surface area (Å²) in [5.41, 5.74) is 4.60. The molecule has 2 rings (SSSR count). The number of aromatic nitrogens is 2. The molecule has 2 aromatic rings. The van der Waals surface area contributed by atoms with Crippen molar-refractivity contribution in [2.75, 3.05) is 11.9 Å². The van der Waals surface area contributed by atoms with Crippen molar-refractivity contribution in [1.29, 1.82) is 5.41 Å². The molecule has 21 heavy (non-hydrogen) atoms. The van der Waals surface area contributed by atoms with Gasteiger partial charge in [-0.2, -0.15) is 0 Å². The number of aryl methyl sites for hydroxylation is 4. The number of imidazole rings is 1. The number of benzene rings is 1. The summed E-state index contributed by atoms with van der Waals surface area (Å²) in [6, 6.07) is 6.11. The summed E-state index contributed by atoms with van der Waals surface area (Å²) < 4.78 is 2.11. The molecule has 0 aliphatic carbocycles. The molecule has 0 aliphatic rings. The summed E-state index contributed by atoms with van der Waals surface area (Å²) in [5, 5.41) is 14.1. The van der Waals surface area contributed by atoms with Crippen LogP contribution in [-0.2, 0) is 6.54 Å². The molecule has 0 unspecified atom stereocenters. The molecule has 0 atom stereocenters. The van der Waals surface area contributed by atoms with E-state index in [2.05, 4.69) is 46.2 Å². The summed E-state index contributed by atoms with van der Waals surface area (Å²) in [7, 11) is 0. The molecule has 0 saturated carbocycles. The van der Waals surface area contributed by atoms with Crippen LogP contribution in [0, 0.1) is 26.2 Å². The normalized spacial score (nSPS) is 10.4. The second-order valence-electron chi connectivity index (χ2n) is 5.31. The van der Waals surface area contributed by atoms with E-state index >= 15 is 0 Å². The van der Waals surface area contributed by atoms with Crippen LogP contribution in [0.3, 0.4) is 0 Å². The zero-order valence-corrected chi connectivity index (χ0v) is 12.9. The molecule has 1 heterocycles. The number of nitrogens with zero attached hydrogens (tertiary/aromatic N) is 2. The monoisotopic (exact) mass is 285 g/mol. The van der Waals surface area contributed by atoms with Gasteiger partial charge in [-0.1, -0.05) is 6.07 Å². The first-order chi connectivity index (χ1) is 10.1. The van der Waals surface area contributed by atoms with Crippen molar-refractivity contribution >= 4 is 11.6 Å². The standard InChI is InChI=1S/C16H23N5/c1-12-5-6-15(9-13(12)2)20-16(17)19-7-4-8-21-11-18-10-14(21)3/h5-6,9-11H,4,7-8H2,1-3H3,(H3,17,19,20). The number of hydrogen-bond donors (Lipinski definition) is 3. The molecule has 0 aliphatic heterocycles. The number of guanidine groups is 1. The highest BCUT2D eigenvalue weighted by Crippen LogP contribution is 2.13. The lowest BCUT2D eigenvalue weighted by molar-refractivity contribution is 0.618. The van der Waals surface area contributed by atoms with Gasteiger partial charge in [0, 0.05) is 30.7 Å². The first-order valence-corrected chi connectivity index (χ1v) is 7.19. The van der Waals surface area contributed by atoms with E-state index in [-0.39, 0.29) is 0 Å². The molecule has 5 nitrogen and oxygen atoms in total. The SMILES string of the molecule is Cc1ccc(NC(=N)NCCCn2cncc2C)cc1C. The Kier molecular flexibility index (Phi) is 4.98. The molecule has 0 spiro atoms. The highest BCUT2D eigenvalue weighted by molar-refractivity contribution is 5.91. The molecular weight excluding hydrogens is 262 g/mol. The minimum Gasteiger partial charge on any atom is -0.356 e. The molecule has 0 radical (unpaired) electrons. The fourth-order valence-corrected chi connectivity index (χ4v) is 2.09. The average molecular weight is 285 g/mol. The zero-order valence-electron chi connectivity index (χ0n) is 12.9. The topological polar surface area (TPSA) is 65.7 Å². The first kappa shape index (κ1) is 15.1. The Balaban J connectivity index is 1.72. The fraction of sp³-hybridized carbons (Fsp3) is 0.375. The minimum absolute atomic E-state index is 0.334. The molecule has 1 aromatic heterocycles. The van der Waals surface area contributed by atoms with Gasteiger partial charge in [0.1, 0.15) is 0 Å². The first-order valence-electron chi connectivity index (χ1n) is 7.19. The largest absolute Gasteiger partial charge is 0.356 e. The van der Waals surface area contributed by atoms with Crippen molar-refractivity contribution in [3.63, 3.8) is 0 Å². The number of anilines is 1. The molecule has 5 heteroatoms. The van der Waals surface area contributed by atoms with Gasteiger partial charge in [0.25, 0.3) is 0 Å². The van der Waals surface area contributed by atoms with E-state index in [1.807, 2.05) is 25.5 Å². The lowest BCUT2D eigenvalue weighted by atomic mass is 10.1. The van der Waals surface area contributed by atoms with Gasteiger partial charge in [0.2, 0.25) is 0 Å². The van der Waals surface area contributed by atoms with Gasteiger partial charge in [-0.25, -0.2) is 4.98 Å². The Morgan fingerprint density at radius 3 is 2.71 bits per heavy atom. The Labute approximate surface area is 125 Å². The van der Waals surface area contributed by atoms with Crippen LogP contribution in [0.2, 0.25) is 0 Å². The van der Waals surface area contributed by atoms with Gasteiger partial charge < -0.3 is 15.2 Å². The fourth-order valence-electron chi connectivity index (χ4n) is 2.09. The van der Waals surface area contributed by atoms with E-state index in [9.17, 15) is 0 Å². The average Bonchev–Trinajstić information content (AvgIpc) is 2.85. The Morgan fingerprint density at radius 2 is 2.05 bits per heavy atom. The summed E-state index contributed by atoms with van der Waals surface area (Å²) in [6.07, 6.45) is 4.65. The number of nitrogens with one attached hydrogen (secondary N) is 3. The highest BCUT2D eigenvalue weighted by Gasteiger charge is 2.00. The van der Waals surface area contributed by atoms with Crippen LogP contribution in [0.4, 0.5) is 5.69 Å². The third kappa shape index (κ3) is 4.34. The summed E-state index contributed by atoms with van der Waals surface area (Å²) in [6.45, 7) is 7.87. The minimum atomic E-state index is 0.334. The Morgan fingerprint density at radius 1 is 1.24 bits per heavy atom. The van der Waals surface area contributed by atoms with Gasteiger partial charge in [-0.05, 0) is 50.5 Å². The van der Waals surface area contributed by atoms with Gasteiger partial charge in [0.15, 0.2) is 5.96 Å². The maximum atomic E-state index is 7.90. The van der Waals surface area contributed by atoms with Crippen molar-refractivity contribution < 1.29 is 0 Å². The van der Waals surface area contributed by atoms with Gasteiger partial charge in [-0.3, -0.25) is 5.41 Å². The predicted molar refractivity (Wildman–Crippen MR) is 86.8 cm³/mol. The lowest BCUT2D eigenvalue weighted by Crippen LogP contribution is -2.30. The van der Waals surface area contributed by atoms with Crippen LogP contribution >= 0.6 is 0 Å². The van der Waals surface area contributed by atoms with Crippen molar-refractivity contribution in [3.8, 4) is 0 Å². The van der Waals surface area contributed by atoms with E-state index in [0.29, 0.717) is 5.96 Å². The van der Waals surface area contributed by atoms with Gasteiger partial charge in [0.05, 0.1) is 6.33 Å². The molecule has 0 saturated heterocycles. The van der Waals surface area contributed by atoms with Crippen LogP contribution < -0.4 is 10.6 Å². The molecule has 3 N–H and O–H groups in total. The van der Waals surface area contributed by atoms with E-state index < -0.39 is 0 Å². The lowest BCUT2D eigenvalue weighted by Gasteiger charge is -2.12. The molecule has 0 fully saturated rings. The zero-order chi connectivity index (χ0) is 15.2. The van der Waals surface area contributed by atoms with E-state index in [1.165, 1.54) is 16.8 Å². The van der Waals surface area contributed by atoms with Crippen molar-refractivity contribution in [1.82, 2.24) is 14.9 Å². The molecule has 112 valence electrons. The maximum Gasteiger partial charge on any atom is 0.192 e. The van der Waals surface area contributed by atoms with Crippen molar-refractivity contribution in [3.05, 3.63) is 47.5 Å². The Bertz CT molecular complexity index is 615. The van der Waals surface area contributed by atoms with Crippen molar-refractivity contribution in [2.24, 2.45) is 0 Å². The predicted octanol–water partition coefficient (Wildman–Crippen LogP) is 2.83. The molecular formula is C16H23N5. The van der Waals surface area contributed by atoms with E-state index in [0.717, 1.165) is 25.2 Å². The van der Waals surface area contributed by atoms with Crippen LogP contribution in [0.5, 0.6) is 0 Å². The third-order valence-electron chi connectivity index (χ3n) is 3.57. The summed E-state index contributed by atoms with van der Waals surface area (Å²) in [4.78, 5) is 4.09. The van der Waals surface area contributed by atoms with Crippen LogP contribution in [-0.4, -0.2) is 22.1 Å². The van der Waals surface area contributed by atoms with Gasteiger partial charge in [-0.15, -0.1) is 0 Å². The van der Waals surface area contributed by atoms with Crippen molar-refractivity contribution in [2.45, 2.75) is 33.7 Å². The number of hydrogen-bond acceptors (Lipinski definition) is 2. The Hall–Kier alpha value is -2.30. The molecule has 0 amide bonds. The van der Waals surface area contributed by atoms with E-state index in [4.69, 9.17) is 5.41 Å². The van der Waals surface area contributed by atoms with Crippen LogP contribution in [0.25, 0.3) is 0 Å². The van der Waals surface area contributed by atoms with Gasteiger partial charge >= 0.3 is 0 Å². The number of rotatable bonds is 5. The maximum absolute atomic E-state index is 7.90. The molecule has 1 aromatic carbocycles.